The number of hydrogen-bond donors (Lipinski definition) is 3. The van der Waals surface area contributed by atoms with Crippen molar-refractivity contribution in [1.29, 1.82) is 0 Å². The first-order valence-corrected chi connectivity index (χ1v) is 6.55. The molecule has 0 spiro atoms. The minimum Gasteiger partial charge on any atom is -0.397 e. The normalized spacial score (nSPS) is 12.4. The third-order valence-electron chi connectivity index (χ3n) is 2.91. The number of hydrogen-bond acceptors (Lipinski definition) is 3. The second kappa shape index (κ2) is 7.44. The van der Waals surface area contributed by atoms with Crippen molar-refractivity contribution < 1.29 is 9.50 Å². The van der Waals surface area contributed by atoms with E-state index in [1.54, 1.807) is 0 Å². The molecule has 0 aromatic heterocycles. The molecule has 3 nitrogen and oxygen atoms in total. The van der Waals surface area contributed by atoms with Gasteiger partial charge in [-0.3, -0.25) is 0 Å². The number of rotatable bonds is 7. The van der Waals surface area contributed by atoms with Gasteiger partial charge in [0.1, 0.15) is 5.82 Å². The van der Waals surface area contributed by atoms with E-state index in [-0.39, 0.29) is 11.6 Å². The van der Waals surface area contributed by atoms with E-state index in [2.05, 4.69) is 12.2 Å². The van der Waals surface area contributed by atoms with Crippen LogP contribution in [-0.4, -0.2) is 18.3 Å². The molecular formula is C13H20ClFN2O. The molecule has 18 heavy (non-hydrogen) atoms. The SMILES string of the molecule is CCCC(CCO)CNc1cc(Cl)c(F)cc1N. The Morgan fingerprint density at radius 2 is 2.17 bits per heavy atom. The molecule has 5 heteroatoms. The average Bonchev–Trinajstić information content (AvgIpc) is 2.32. The predicted molar refractivity (Wildman–Crippen MR) is 74.4 cm³/mol. The Bertz CT molecular complexity index is 381. The topological polar surface area (TPSA) is 58.3 Å². The highest BCUT2D eigenvalue weighted by Crippen LogP contribution is 2.26. The van der Waals surface area contributed by atoms with Crippen molar-refractivity contribution in [3.63, 3.8) is 0 Å². The van der Waals surface area contributed by atoms with Gasteiger partial charge in [0.2, 0.25) is 0 Å². The molecular weight excluding hydrogens is 255 g/mol. The van der Waals surface area contributed by atoms with Gasteiger partial charge < -0.3 is 16.2 Å². The zero-order chi connectivity index (χ0) is 13.5. The lowest BCUT2D eigenvalue weighted by Gasteiger charge is -2.17. The number of aliphatic hydroxyl groups excluding tert-OH is 1. The van der Waals surface area contributed by atoms with Crippen LogP contribution in [0.1, 0.15) is 26.2 Å². The van der Waals surface area contributed by atoms with E-state index in [0.717, 1.165) is 19.3 Å². The zero-order valence-corrected chi connectivity index (χ0v) is 11.3. The number of halogens is 2. The molecule has 1 aromatic rings. The third kappa shape index (κ3) is 4.35. The molecule has 0 saturated carbocycles. The Morgan fingerprint density at radius 3 is 2.78 bits per heavy atom. The van der Waals surface area contributed by atoms with Gasteiger partial charge in [-0.25, -0.2) is 4.39 Å². The summed E-state index contributed by atoms with van der Waals surface area (Å²) in [6, 6.07) is 2.71. The molecule has 0 heterocycles. The maximum absolute atomic E-state index is 13.1. The lowest BCUT2D eigenvalue weighted by atomic mass is 10.00. The van der Waals surface area contributed by atoms with E-state index in [1.165, 1.54) is 12.1 Å². The largest absolute Gasteiger partial charge is 0.397 e. The number of nitrogens with two attached hydrogens (primary N) is 1. The smallest absolute Gasteiger partial charge is 0.143 e. The Balaban J connectivity index is 2.64. The minimum absolute atomic E-state index is 0.0564. The van der Waals surface area contributed by atoms with Crippen LogP contribution in [0.2, 0.25) is 5.02 Å². The lowest BCUT2D eigenvalue weighted by Crippen LogP contribution is -2.16. The molecule has 1 atom stereocenters. The monoisotopic (exact) mass is 274 g/mol. The Hall–Kier alpha value is -1.00. The standard InChI is InChI=1S/C13H20ClFN2O/c1-2-3-9(4-5-18)8-17-13-6-10(14)11(15)7-12(13)16/h6-7,9,17-18H,2-5,8,16H2,1H3. The predicted octanol–water partition coefficient (Wildman–Crippen LogP) is 3.27. The van der Waals surface area contributed by atoms with Crippen LogP contribution in [-0.2, 0) is 0 Å². The first-order valence-electron chi connectivity index (χ1n) is 6.17. The fraction of sp³-hybridized carbons (Fsp3) is 0.538. The maximum atomic E-state index is 13.1. The van der Waals surface area contributed by atoms with E-state index >= 15 is 0 Å². The van der Waals surface area contributed by atoms with E-state index in [4.69, 9.17) is 22.4 Å². The summed E-state index contributed by atoms with van der Waals surface area (Å²) < 4.78 is 13.1. The molecule has 0 aliphatic heterocycles. The minimum atomic E-state index is -0.514. The number of benzene rings is 1. The molecule has 1 unspecified atom stereocenters. The van der Waals surface area contributed by atoms with Crippen molar-refractivity contribution in [3.8, 4) is 0 Å². The van der Waals surface area contributed by atoms with Crippen molar-refractivity contribution in [1.82, 2.24) is 0 Å². The van der Waals surface area contributed by atoms with Gasteiger partial charge in [0, 0.05) is 19.2 Å². The van der Waals surface area contributed by atoms with Gasteiger partial charge in [-0.1, -0.05) is 24.9 Å². The molecule has 4 N–H and O–H groups in total. The fourth-order valence-electron chi connectivity index (χ4n) is 1.91. The summed E-state index contributed by atoms with van der Waals surface area (Å²) in [5.74, 6) is -0.136. The summed E-state index contributed by atoms with van der Waals surface area (Å²) in [4.78, 5) is 0. The van der Waals surface area contributed by atoms with Crippen molar-refractivity contribution in [3.05, 3.63) is 23.0 Å². The molecule has 0 amide bonds. The van der Waals surface area contributed by atoms with E-state index in [0.29, 0.717) is 23.8 Å². The quantitative estimate of drug-likeness (QED) is 0.669. The van der Waals surface area contributed by atoms with Crippen molar-refractivity contribution in [2.24, 2.45) is 5.92 Å². The average molecular weight is 275 g/mol. The summed E-state index contributed by atoms with van der Waals surface area (Å²) in [6.45, 7) is 2.97. The highest BCUT2D eigenvalue weighted by atomic mass is 35.5. The van der Waals surface area contributed by atoms with Crippen LogP contribution in [0.25, 0.3) is 0 Å². The molecule has 0 saturated heterocycles. The highest BCUT2D eigenvalue weighted by Gasteiger charge is 2.10. The van der Waals surface area contributed by atoms with Crippen molar-refractivity contribution in [2.45, 2.75) is 26.2 Å². The van der Waals surface area contributed by atoms with E-state index < -0.39 is 5.82 Å². The molecule has 1 aromatic carbocycles. The molecule has 1 rings (SSSR count). The summed E-state index contributed by atoms with van der Waals surface area (Å²) in [7, 11) is 0. The van der Waals surface area contributed by atoms with Crippen LogP contribution in [0.5, 0.6) is 0 Å². The number of nitrogens with one attached hydrogen (secondary N) is 1. The van der Waals surface area contributed by atoms with Gasteiger partial charge in [0.05, 0.1) is 16.4 Å². The summed E-state index contributed by atoms with van der Waals surface area (Å²) in [5.41, 5.74) is 6.70. The number of nitrogen functional groups attached to an aromatic ring is 1. The first-order chi connectivity index (χ1) is 8.58. The zero-order valence-electron chi connectivity index (χ0n) is 10.5. The molecule has 102 valence electrons. The van der Waals surface area contributed by atoms with Crippen LogP contribution in [0.3, 0.4) is 0 Å². The van der Waals surface area contributed by atoms with Gasteiger partial charge in [-0.15, -0.1) is 0 Å². The van der Waals surface area contributed by atoms with Crippen molar-refractivity contribution in [2.75, 3.05) is 24.2 Å². The summed E-state index contributed by atoms with van der Waals surface area (Å²) in [5, 5.41) is 12.2. The van der Waals surface area contributed by atoms with Crippen LogP contribution in [0.4, 0.5) is 15.8 Å². The Kier molecular flexibility index (Phi) is 6.22. The first kappa shape index (κ1) is 15.1. The fourth-order valence-corrected chi connectivity index (χ4v) is 2.07. The molecule has 0 aliphatic rings. The Labute approximate surface area is 112 Å². The lowest BCUT2D eigenvalue weighted by molar-refractivity contribution is 0.255. The molecule has 0 aliphatic carbocycles. The Morgan fingerprint density at radius 1 is 1.44 bits per heavy atom. The summed E-state index contributed by atoms with van der Waals surface area (Å²) >= 11 is 5.71. The van der Waals surface area contributed by atoms with Crippen molar-refractivity contribution >= 4 is 23.0 Å². The van der Waals surface area contributed by atoms with Gasteiger partial charge in [-0.05, 0) is 24.8 Å². The van der Waals surface area contributed by atoms with Crippen LogP contribution >= 0.6 is 11.6 Å². The van der Waals surface area contributed by atoms with Gasteiger partial charge in [0.15, 0.2) is 0 Å². The van der Waals surface area contributed by atoms with Crippen LogP contribution in [0, 0.1) is 11.7 Å². The highest BCUT2D eigenvalue weighted by molar-refractivity contribution is 6.31. The van der Waals surface area contributed by atoms with Gasteiger partial charge in [0.25, 0.3) is 0 Å². The summed E-state index contributed by atoms with van der Waals surface area (Å²) in [6.07, 6.45) is 2.84. The molecule has 0 bridgehead atoms. The van der Waals surface area contributed by atoms with E-state index in [1.807, 2.05) is 0 Å². The maximum Gasteiger partial charge on any atom is 0.143 e. The van der Waals surface area contributed by atoms with Crippen LogP contribution < -0.4 is 11.1 Å². The van der Waals surface area contributed by atoms with Gasteiger partial charge >= 0.3 is 0 Å². The van der Waals surface area contributed by atoms with Crippen LogP contribution in [0.15, 0.2) is 12.1 Å². The number of anilines is 2. The molecule has 0 fully saturated rings. The second-order valence-corrected chi connectivity index (χ2v) is 4.81. The van der Waals surface area contributed by atoms with Gasteiger partial charge in [-0.2, -0.15) is 0 Å². The van der Waals surface area contributed by atoms with E-state index in [9.17, 15) is 4.39 Å². The third-order valence-corrected chi connectivity index (χ3v) is 3.20. The number of aliphatic hydroxyl groups is 1. The second-order valence-electron chi connectivity index (χ2n) is 4.40. The molecule has 0 radical (unpaired) electrons.